The Morgan fingerprint density at radius 1 is 1.07 bits per heavy atom. The topological polar surface area (TPSA) is 121 Å². The van der Waals surface area contributed by atoms with E-state index in [-0.39, 0.29) is 10.6 Å². The molecule has 0 unspecified atom stereocenters. The molecule has 0 aromatic heterocycles. The summed E-state index contributed by atoms with van der Waals surface area (Å²) < 4.78 is 71.5. The Morgan fingerprint density at radius 2 is 1.75 bits per heavy atom. The molecule has 0 amide bonds. The number of hydrogen-bond donors (Lipinski definition) is 2. The normalized spacial score (nSPS) is 17.0. The first-order chi connectivity index (χ1) is 12.9. The fourth-order valence-electron chi connectivity index (χ4n) is 3.51. The number of rotatable bonds is 4. The van der Waals surface area contributed by atoms with Gasteiger partial charge < -0.3 is 4.74 Å². The van der Waals surface area contributed by atoms with Crippen LogP contribution in [0.25, 0.3) is 0 Å². The van der Waals surface area contributed by atoms with Crippen molar-refractivity contribution in [3.8, 4) is 5.75 Å². The first-order valence-electron chi connectivity index (χ1n) is 8.48. The van der Waals surface area contributed by atoms with Crippen LogP contribution in [0.3, 0.4) is 0 Å². The summed E-state index contributed by atoms with van der Waals surface area (Å²) in [4.78, 5) is -0.164. The molecule has 1 aliphatic rings. The molecule has 1 atom stereocenters. The Balaban J connectivity index is 2.02. The van der Waals surface area contributed by atoms with Gasteiger partial charge in [-0.3, -0.25) is 13.4 Å². The van der Waals surface area contributed by atoms with Crippen LogP contribution in [0.4, 0.5) is 5.69 Å². The van der Waals surface area contributed by atoms with E-state index in [0.29, 0.717) is 29.7 Å². The molecule has 0 saturated heterocycles. The Kier molecular flexibility index (Phi) is 5.17. The molecule has 0 fully saturated rings. The lowest BCUT2D eigenvalue weighted by Crippen LogP contribution is -2.25. The molecule has 2 aromatic carbocycles. The quantitative estimate of drug-likeness (QED) is 0.720. The second kappa shape index (κ2) is 7.03. The van der Waals surface area contributed by atoms with Gasteiger partial charge >= 0.3 is 10.3 Å². The van der Waals surface area contributed by atoms with E-state index in [1.807, 2.05) is 6.92 Å². The minimum absolute atomic E-state index is 0.164. The summed E-state index contributed by atoms with van der Waals surface area (Å²) in [5.41, 5.74) is 3.04. The first-order valence-corrected chi connectivity index (χ1v) is 11.3. The Hall–Kier alpha value is -2.14. The molecule has 8 nitrogen and oxygen atoms in total. The number of nitrogens with zero attached hydrogens (tertiary/aromatic N) is 1. The van der Waals surface area contributed by atoms with Gasteiger partial charge in [-0.15, -0.1) is 0 Å². The summed E-state index contributed by atoms with van der Waals surface area (Å²) in [5.74, 6) is 0.459. The number of ether oxygens (including phenoxy) is 1. The average molecular weight is 428 g/mol. The molecule has 152 valence electrons. The summed E-state index contributed by atoms with van der Waals surface area (Å²) in [7, 11) is -7.54. The maximum atomic E-state index is 11.6. The van der Waals surface area contributed by atoms with E-state index in [2.05, 4.69) is 0 Å². The van der Waals surface area contributed by atoms with Gasteiger partial charge in [-0.05, 0) is 61.1 Å². The molecule has 2 aromatic rings. The van der Waals surface area contributed by atoms with Crippen LogP contribution in [0.15, 0.2) is 35.2 Å². The largest absolute Gasteiger partial charge is 0.485 e. The van der Waals surface area contributed by atoms with E-state index in [1.165, 1.54) is 19.2 Å². The fourth-order valence-corrected chi connectivity index (χ4v) is 4.63. The Labute approximate surface area is 164 Å². The highest BCUT2D eigenvalue weighted by molar-refractivity contribution is 7.87. The van der Waals surface area contributed by atoms with E-state index in [4.69, 9.17) is 4.74 Å². The SMILES string of the molecule is Cc1ccc(S(=O)(=O)O)c(C)c1[C@H]1CCc2ccc(N(C)S(=O)(=O)O)cc2O1. The van der Waals surface area contributed by atoms with Gasteiger partial charge in [0, 0.05) is 13.1 Å². The van der Waals surface area contributed by atoms with Crippen molar-refractivity contribution in [2.75, 3.05) is 11.4 Å². The molecular formula is C18H21NO7S2. The standard InChI is InChI=1S/C18H21NO7S2/c1-11-4-9-17(27(20,21)22)12(2)18(11)15-8-6-13-5-7-14(10-16(13)26-15)19(3)28(23,24)25/h4-5,7,9-10,15H,6,8H2,1-3H3,(H,20,21,22)(H,23,24,25)/t15-/m1/s1. The predicted molar refractivity (Wildman–Crippen MR) is 104 cm³/mol. The van der Waals surface area contributed by atoms with Crippen LogP contribution in [0.1, 0.15) is 34.8 Å². The van der Waals surface area contributed by atoms with E-state index >= 15 is 0 Å². The zero-order valence-corrected chi connectivity index (χ0v) is 17.2. The number of anilines is 1. The van der Waals surface area contributed by atoms with Crippen molar-refractivity contribution >= 4 is 26.1 Å². The maximum absolute atomic E-state index is 11.6. The number of hydrogen-bond acceptors (Lipinski definition) is 5. The molecule has 2 N–H and O–H groups in total. The lowest BCUT2D eigenvalue weighted by atomic mass is 9.91. The van der Waals surface area contributed by atoms with Gasteiger partial charge in [0.2, 0.25) is 0 Å². The number of fused-ring (bicyclic) bond motifs is 1. The van der Waals surface area contributed by atoms with Gasteiger partial charge in [-0.1, -0.05) is 12.1 Å². The fraction of sp³-hybridized carbons (Fsp3) is 0.333. The number of aryl methyl sites for hydroxylation is 2. The molecule has 1 heterocycles. The van der Waals surface area contributed by atoms with Crippen LogP contribution in [0, 0.1) is 13.8 Å². The molecule has 10 heteroatoms. The molecule has 28 heavy (non-hydrogen) atoms. The van der Waals surface area contributed by atoms with Gasteiger partial charge in [0.15, 0.2) is 0 Å². The monoisotopic (exact) mass is 427 g/mol. The van der Waals surface area contributed by atoms with Crippen LogP contribution in [0.2, 0.25) is 0 Å². The van der Waals surface area contributed by atoms with Crippen LogP contribution < -0.4 is 9.04 Å². The van der Waals surface area contributed by atoms with Gasteiger partial charge in [-0.25, -0.2) is 0 Å². The predicted octanol–water partition coefficient (Wildman–Crippen LogP) is 2.86. The Morgan fingerprint density at radius 3 is 2.36 bits per heavy atom. The van der Waals surface area contributed by atoms with Crippen molar-refractivity contribution in [1.29, 1.82) is 0 Å². The smallest absolute Gasteiger partial charge is 0.359 e. The van der Waals surface area contributed by atoms with E-state index in [0.717, 1.165) is 15.4 Å². The molecule has 0 radical (unpaired) electrons. The molecule has 0 bridgehead atoms. The van der Waals surface area contributed by atoms with Crippen molar-refractivity contribution in [1.82, 2.24) is 0 Å². The van der Waals surface area contributed by atoms with Crippen molar-refractivity contribution in [3.05, 3.63) is 52.6 Å². The van der Waals surface area contributed by atoms with Crippen molar-refractivity contribution in [2.24, 2.45) is 0 Å². The molecule has 0 aliphatic carbocycles. The first kappa shape index (κ1) is 20.6. The van der Waals surface area contributed by atoms with Crippen LogP contribution >= 0.6 is 0 Å². The lowest BCUT2D eigenvalue weighted by molar-refractivity contribution is 0.175. The molecule has 0 spiro atoms. The highest BCUT2D eigenvalue weighted by Crippen LogP contribution is 2.40. The summed E-state index contributed by atoms with van der Waals surface area (Å²) in [6, 6.07) is 7.81. The zero-order valence-electron chi connectivity index (χ0n) is 15.6. The third-order valence-electron chi connectivity index (χ3n) is 4.99. The van der Waals surface area contributed by atoms with Crippen molar-refractivity contribution < 1.29 is 30.7 Å². The highest BCUT2D eigenvalue weighted by atomic mass is 32.2. The second-order valence-corrected chi connectivity index (χ2v) is 9.61. The summed E-state index contributed by atoms with van der Waals surface area (Å²) in [6.07, 6.45) is 0.780. The minimum atomic E-state index is -4.40. The lowest BCUT2D eigenvalue weighted by Gasteiger charge is -2.30. The Bertz CT molecular complexity index is 1140. The van der Waals surface area contributed by atoms with Gasteiger partial charge in [-0.2, -0.15) is 16.8 Å². The summed E-state index contributed by atoms with van der Waals surface area (Å²) >= 11 is 0. The molecule has 0 saturated carbocycles. The van der Waals surface area contributed by atoms with Crippen molar-refractivity contribution in [2.45, 2.75) is 37.7 Å². The third-order valence-corrected chi connectivity index (χ3v) is 6.89. The van der Waals surface area contributed by atoms with Crippen LogP contribution in [-0.2, 0) is 26.8 Å². The average Bonchev–Trinajstić information content (AvgIpc) is 2.58. The summed E-state index contributed by atoms with van der Waals surface area (Å²) in [6.45, 7) is 3.45. The third kappa shape index (κ3) is 3.86. The van der Waals surface area contributed by atoms with Crippen molar-refractivity contribution in [3.63, 3.8) is 0 Å². The second-order valence-electron chi connectivity index (χ2n) is 6.78. The minimum Gasteiger partial charge on any atom is -0.485 e. The summed E-state index contributed by atoms with van der Waals surface area (Å²) in [5, 5.41) is 0. The highest BCUT2D eigenvalue weighted by Gasteiger charge is 2.28. The van der Waals surface area contributed by atoms with E-state index < -0.39 is 26.5 Å². The number of benzene rings is 2. The van der Waals surface area contributed by atoms with Gasteiger partial charge in [0.1, 0.15) is 11.9 Å². The van der Waals surface area contributed by atoms with Crippen LogP contribution in [0.5, 0.6) is 5.75 Å². The van der Waals surface area contributed by atoms with E-state index in [9.17, 15) is 25.9 Å². The molecular weight excluding hydrogens is 406 g/mol. The zero-order chi connectivity index (χ0) is 20.9. The molecule has 3 rings (SSSR count). The van der Waals surface area contributed by atoms with Crippen LogP contribution in [-0.4, -0.2) is 33.0 Å². The maximum Gasteiger partial charge on any atom is 0.359 e. The van der Waals surface area contributed by atoms with Gasteiger partial charge in [0.05, 0.1) is 10.6 Å². The van der Waals surface area contributed by atoms with Gasteiger partial charge in [0.25, 0.3) is 10.1 Å². The van der Waals surface area contributed by atoms with E-state index in [1.54, 1.807) is 25.1 Å². The molecule has 1 aliphatic heterocycles.